The van der Waals surface area contributed by atoms with Gasteiger partial charge in [-0.15, -0.1) is 36.2 Å². The van der Waals surface area contributed by atoms with E-state index in [9.17, 15) is 4.39 Å². The fraction of sp³-hybridized carbons (Fsp3) is 0.333. The van der Waals surface area contributed by atoms with E-state index in [2.05, 4.69) is 21.7 Å². The Labute approximate surface area is 141 Å². The maximum atomic E-state index is 14.1. The van der Waals surface area contributed by atoms with Crippen molar-refractivity contribution < 1.29 is 4.39 Å². The van der Waals surface area contributed by atoms with Gasteiger partial charge in [-0.25, -0.2) is 4.39 Å². The van der Waals surface area contributed by atoms with Crippen LogP contribution in [0.3, 0.4) is 0 Å². The van der Waals surface area contributed by atoms with Crippen LogP contribution in [0.5, 0.6) is 0 Å². The number of nitrogens with zero attached hydrogens (tertiary/aromatic N) is 1. The van der Waals surface area contributed by atoms with Gasteiger partial charge in [0.05, 0.1) is 6.04 Å². The molecule has 1 aliphatic heterocycles. The molecule has 0 unspecified atom stereocenters. The first kappa shape index (κ1) is 18.4. The molecule has 0 saturated carbocycles. The zero-order chi connectivity index (χ0) is 13.1. The van der Waals surface area contributed by atoms with Crippen LogP contribution >= 0.6 is 36.2 Å². The third kappa shape index (κ3) is 4.18. The van der Waals surface area contributed by atoms with Crippen LogP contribution in [-0.2, 0) is 0 Å². The highest BCUT2D eigenvalue weighted by Gasteiger charge is 2.26. The fourth-order valence-corrected chi connectivity index (χ4v) is 3.49. The van der Waals surface area contributed by atoms with Crippen LogP contribution in [-0.4, -0.2) is 31.1 Å². The third-order valence-electron chi connectivity index (χ3n) is 3.53. The molecular formula is C15H19Cl2FN2S. The van der Waals surface area contributed by atoms with Gasteiger partial charge in [-0.05, 0) is 17.5 Å². The average Bonchev–Trinajstić information content (AvgIpc) is 2.96. The minimum absolute atomic E-state index is 0. The highest BCUT2D eigenvalue weighted by Crippen LogP contribution is 2.33. The van der Waals surface area contributed by atoms with Gasteiger partial charge in [0, 0.05) is 36.6 Å². The quantitative estimate of drug-likeness (QED) is 0.909. The van der Waals surface area contributed by atoms with Crippen LogP contribution < -0.4 is 5.32 Å². The lowest BCUT2D eigenvalue weighted by atomic mass is 10.0. The molecule has 0 spiro atoms. The van der Waals surface area contributed by atoms with Crippen molar-refractivity contribution in [3.05, 3.63) is 58.0 Å². The molecule has 1 atom stereocenters. The first-order valence-electron chi connectivity index (χ1n) is 6.59. The molecule has 6 heteroatoms. The van der Waals surface area contributed by atoms with Crippen molar-refractivity contribution in [1.82, 2.24) is 10.2 Å². The Balaban J connectivity index is 0.00000110. The number of halogens is 3. The molecule has 1 aliphatic rings. The highest BCUT2D eigenvalue weighted by atomic mass is 35.5. The Morgan fingerprint density at radius 1 is 1.05 bits per heavy atom. The van der Waals surface area contributed by atoms with Crippen LogP contribution in [0.1, 0.15) is 16.5 Å². The van der Waals surface area contributed by atoms with Gasteiger partial charge < -0.3 is 5.32 Å². The van der Waals surface area contributed by atoms with E-state index in [1.807, 2.05) is 18.2 Å². The minimum atomic E-state index is -0.112. The second kappa shape index (κ2) is 8.71. The van der Waals surface area contributed by atoms with Gasteiger partial charge in [-0.2, -0.15) is 0 Å². The van der Waals surface area contributed by atoms with Gasteiger partial charge in [-0.1, -0.05) is 24.3 Å². The lowest BCUT2D eigenvalue weighted by Gasteiger charge is -2.34. The molecule has 2 nitrogen and oxygen atoms in total. The summed E-state index contributed by atoms with van der Waals surface area (Å²) < 4.78 is 14.1. The molecule has 0 radical (unpaired) electrons. The number of rotatable bonds is 3. The summed E-state index contributed by atoms with van der Waals surface area (Å²) in [4.78, 5) is 3.58. The van der Waals surface area contributed by atoms with E-state index in [4.69, 9.17) is 0 Å². The van der Waals surface area contributed by atoms with Crippen LogP contribution in [0.15, 0.2) is 41.8 Å². The van der Waals surface area contributed by atoms with Crippen molar-refractivity contribution in [3.8, 4) is 0 Å². The Morgan fingerprint density at radius 3 is 2.38 bits per heavy atom. The summed E-state index contributed by atoms with van der Waals surface area (Å²) in [6, 6.07) is 11.3. The molecule has 1 saturated heterocycles. The van der Waals surface area contributed by atoms with Gasteiger partial charge in [0.15, 0.2) is 0 Å². The van der Waals surface area contributed by atoms with E-state index in [0.717, 1.165) is 31.7 Å². The molecule has 0 amide bonds. The maximum absolute atomic E-state index is 14.1. The molecule has 1 fully saturated rings. The van der Waals surface area contributed by atoms with Gasteiger partial charge in [0.1, 0.15) is 5.82 Å². The van der Waals surface area contributed by atoms with Crippen LogP contribution in [0.25, 0.3) is 0 Å². The molecule has 0 bridgehead atoms. The second-order valence-electron chi connectivity index (χ2n) is 4.73. The number of hydrogen-bond acceptors (Lipinski definition) is 3. The van der Waals surface area contributed by atoms with Crippen molar-refractivity contribution in [2.45, 2.75) is 6.04 Å². The molecule has 21 heavy (non-hydrogen) atoms. The largest absolute Gasteiger partial charge is 0.314 e. The van der Waals surface area contributed by atoms with E-state index in [-0.39, 0.29) is 36.7 Å². The van der Waals surface area contributed by atoms with Crippen molar-refractivity contribution in [2.24, 2.45) is 0 Å². The minimum Gasteiger partial charge on any atom is -0.314 e. The predicted octanol–water partition coefficient (Wildman–Crippen LogP) is 3.73. The number of nitrogens with one attached hydrogen (secondary N) is 1. The van der Waals surface area contributed by atoms with Crippen molar-refractivity contribution >= 4 is 36.2 Å². The van der Waals surface area contributed by atoms with Crippen LogP contribution in [0.2, 0.25) is 0 Å². The Morgan fingerprint density at radius 2 is 1.76 bits per heavy atom. The summed E-state index contributed by atoms with van der Waals surface area (Å²) in [6.07, 6.45) is 0. The second-order valence-corrected chi connectivity index (χ2v) is 5.70. The number of benzene rings is 1. The molecular weight excluding hydrogens is 330 g/mol. The van der Waals surface area contributed by atoms with Gasteiger partial charge in [0.25, 0.3) is 0 Å². The van der Waals surface area contributed by atoms with Crippen LogP contribution in [0, 0.1) is 5.82 Å². The maximum Gasteiger partial charge on any atom is 0.128 e. The monoisotopic (exact) mass is 348 g/mol. The number of thiophene rings is 1. The fourth-order valence-electron chi connectivity index (χ4n) is 2.61. The molecule has 116 valence electrons. The summed E-state index contributed by atoms with van der Waals surface area (Å²) in [7, 11) is 0. The molecule has 1 N–H and O–H groups in total. The zero-order valence-corrected chi connectivity index (χ0v) is 13.9. The molecule has 2 heterocycles. The molecule has 0 aliphatic carbocycles. The molecule has 2 aromatic rings. The predicted molar refractivity (Wildman–Crippen MR) is 91.5 cm³/mol. The number of piperazine rings is 1. The lowest BCUT2D eigenvalue weighted by molar-refractivity contribution is 0.197. The highest BCUT2D eigenvalue weighted by molar-refractivity contribution is 7.10. The first-order valence-corrected chi connectivity index (χ1v) is 7.47. The first-order chi connectivity index (χ1) is 9.36. The number of hydrogen-bond donors (Lipinski definition) is 1. The Hall–Kier alpha value is -0.650. The third-order valence-corrected chi connectivity index (χ3v) is 4.45. The van der Waals surface area contributed by atoms with Gasteiger partial charge in [0.2, 0.25) is 0 Å². The SMILES string of the molecule is Cl.Cl.Fc1ccccc1[C@@H](c1cccs1)N1CCNCC1. The summed E-state index contributed by atoms with van der Waals surface area (Å²) >= 11 is 1.70. The van der Waals surface area contributed by atoms with E-state index < -0.39 is 0 Å². The van der Waals surface area contributed by atoms with Gasteiger partial charge in [-0.3, -0.25) is 4.90 Å². The average molecular weight is 349 g/mol. The zero-order valence-electron chi connectivity index (χ0n) is 11.5. The Kier molecular flexibility index (Phi) is 7.63. The van der Waals surface area contributed by atoms with E-state index in [1.165, 1.54) is 4.88 Å². The van der Waals surface area contributed by atoms with Crippen LogP contribution in [0.4, 0.5) is 4.39 Å². The van der Waals surface area contributed by atoms with Crippen molar-refractivity contribution in [1.29, 1.82) is 0 Å². The van der Waals surface area contributed by atoms with E-state index in [1.54, 1.807) is 23.5 Å². The lowest BCUT2D eigenvalue weighted by Crippen LogP contribution is -2.45. The molecule has 1 aromatic carbocycles. The Bertz CT molecular complexity index is 530. The summed E-state index contributed by atoms with van der Waals surface area (Å²) in [6.45, 7) is 3.85. The molecule has 3 rings (SSSR count). The molecule has 1 aromatic heterocycles. The standard InChI is InChI=1S/C15H17FN2S.2ClH/c16-13-5-2-1-4-12(13)15(14-6-3-11-19-14)18-9-7-17-8-10-18;;/h1-6,11,15,17H,7-10H2;2*1H/t15-;;/m0../s1. The van der Waals surface area contributed by atoms with Gasteiger partial charge >= 0.3 is 0 Å². The normalized spacial score (nSPS) is 16.6. The smallest absolute Gasteiger partial charge is 0.128 e. The van der Waals surface area contributed by atoms with Crippen molar-refractivity contribution in [2.75, 3.05) is 26.2 Å². The summed E-state index contributed by atoms with van der Waals surface area (Å²) in [5.41, 5.74) is 0.784. The summed E-state index contributed by atoms with van der Waals surface area (Å²) in [5, 5.41) is 5.41. The summed E-state index contributed by atoms with van der Waals surface area (Å²) in [5.74, 6) is -0.112. The van der Waals surface area contributed by atoms with Crippen molar-refractivity contribution in [3.63, 3.8) is 0 Å². The van der Waals surface area contributed by atoms with E-state index >= 15 is 0 Å². The van der Waals surface area contributed by atoms with E-state index in [0.29, 0.717) is 0 Å². The topological polar surface area (TPSA) is 15.3 Å².